The Hall–Kier alpha value is -1.75. The van der Waals surface area contributed by atoms with Crippen LogP contribution in [0.3, 0.4) is 0 Å². The summed E-state index contributed by atoms with van der Waals surface area (Å²) in [6, 6.07) is 4.04. The van der Waals surface area contributed by atoms with E-state index in [1.807, 2.05) is 44.0 Å². The molecule has 0 saturated carbocycles. The minimum absolute atomic E-state index is 0.137. The van der Waals surface area contributed by atoms with Gasteiger partial charge in [0.05, 0.1) is 11.1 Å². The summed E-state index contributed by atoms with van der Waals surface area (Å²) in [7, 11) is 0. The lowest BCUT2D eigenvalue weighted by molar-refractivity contribution is 0.0215. The molecule has 1 aliphatic rings. The summed E-state index contributed by atoms with van der Waals surface area (Å²) in [4.78, 5) is 18.6. The van der Waals surface area contributed by atoms with Gasteiger partial charge in [-0.2, -0.15) is 0 Å². The fourth-order valence-electron chi connectivity index (χ4n) is 3.01. The number of halogens is 1. The van der Waals surface area contributed by atoms with Gasteiger partial charge in [0.2, 0.25) is 0 Å². The molecule has 1 atom stereocenters. The highest BCUT2D eigenvalue weighted by Gasteiger charge is 2.32. The van der Waals surface area contributed by atoms with Gasteiger partial charge in [0.25, 0.3) is 0 Å². The third-order valence-electron chi connectivity index (χ3n) is 3.98. The predicted octanol–water partition coefficient (Wildman–Crippen LogP) is 4.09. The van der Waals surface area contributed by atoms with Crippen molar-refractivity contribution in [2.45, 2.75) is 51.8 Å². The molecular formula is C17H22ClN3O2. The standard InChI is InChI=1S/C17H22ClN3O2/c1-17(2,3)23-16(22)21-7-4-5-14(21)11-20-8-6-12-9-13(18)10-19-15(12)20/h6,8-10,14H,4-5,7,11H2,1-3H3/t14-/m0/s1. The summed E-state index contributed by atoms with van der Waals surface area (Å²) in [5.41, 5.74) is 0.424. The lowest BCUT2D eigenvalue weighted by Gasteiger charge is -2.28. The maximum Gasteiger partial charge on any atom is 0.410 e. The van der Waals surface area contributed by atoms with E-state index < -0.39 is 5.60 Å². The summed E-state index contributed by atoms with van der Waals surface area (Å²) < 4.78 is 7.60. The third-order valence-corrected chi connectivity index (χ3v) is 4.19. The molecule has 1 fully saturated rings. The second kappa shape index (κ2) is 6.04. The Labute approximate surface area is 141 Å². The van der Waals surface area contributed by atoms with Gasteiger partial charge in [-0.3, -0.25) is 0 Å². The van der Waals surface area contributed by atoms with E-state index in [1.54, 1.807) is 6.20 Å². The van der Waals surface area contributed by atoms with E-state index in [-0.39, 0.29) is 12.1 Å². The maximum absolute atomic E-state index is 12.4. The Morgan fingerprint density at radius 2 is 2.26 bits per heavy atom. The van der Waals surface area contributed by atoms with Gasteiger partial charge in [-0.15, -0.1) is 0 Å². The van der Waals surface area contributed by atoms with Crippen LogP contribution >= 0.6 is 11.6 Å². The minimum atomic E-state index is -0.470. The molecule has 0 aliphatic carbocycles. The van der Waals surface area contributed by atoms with Crippen LogP contribution in [0.1, 0.15) is 33.6 Å². The van der Waals surface area contributed by atoms with E-state index >= 15 is 0 Å². The Morgan fingerprint density at radius 1 is 1.48 bits per heavy atom. The highest BCUT2D eigenvalue weighted by Crippen LogP contribution is 2.24. The van der Waals surface area contributed by atoms with Crippen molar-refractivity contribution >= 4 is 28.7 Å². The first-order valence-corrected chi connectivity index (χ1v) is 8.31. The summed E-state index contributed by atoms with van der Waals surface area (Å²) in [5.74, 6) is 0. The summed E-state index contributed by atoms with van der Waals surface area (Å²) in [5, 5.41) is 1.64. The number of aromatic nitrogens is 2. The van der Waals surface area contributed by atoms with Gasteiger partial charge in [-0.1, -0.05) is 11.6 Å². The van der Waals surface area contributed by atoms with E-state index in [2.05, 4.69) is 9.55 Å². The molecular weight excluding hydrogens is 314 g/mol. The summed E-state index contributed by atoms with van der Waals surface area (Å²) in [6.45, 7) is 7.14. The number of pyridine rings is 1. The van der Waals surface area contributed by atoms with Gasteiger partial charge in [0.15, 0.2) is 0 Å². The number of ether oxygens (including phenoxy) is 1. The minimum Gasteiger partial charge on any atom is -0.444 e. The van der Waals surface area contributed by atoms with Gasteiger partial charge in [0, 0.05) is 30.9 Å². The van der Waals surface area contributed by atoms with Crippen molar-refractivity contribution in [2.24, 2.45) is 0 Å². The van der Waals surface area contributed by atoms with Crippen molar-refractivity contribution in [2.75, 3.05) is 6.54 Å². The van der Waals surface area contributed by atoms with Crippen molar-refractivity contribution in [1.82, 2.24) is 14.5 Å². The van der Waals surface area contributed by atoms with Crippen molar-refractivity contribution < 1.29 is 9.53 Å². The molecule has 0 aromatic carbocycles. The van der Waals surface area contributed by atoms with Crippen molar-refractivity contribution in [1.29, 1.82) is 0 Å². The van der Waals surface area contributed by atoms with Crippen LogP contribution in [0.25, 0.3) is 11.0 Å². The van der Waals surface area contributed by atoms with E-state index in [0.29, 0.717) is 5.02 Å². The molecule has 1 amide bonds. The van der Waals surface area contributed by atoms with Crippen molar-refractivity contribution in [3.63, 3.8) is 0 Å². The normalized spacial score (nSPS) is 18.6. The highest BCUT2D eigenvalue weighted by atomic mass is 35.5. The monoisotopic (exact) mass is 335 g/mol. The highest BCUT2D eigenvalue weighted by molar-refractivity contribution is 6.31. The van der Waals surface area contributed by atoms with Crippen molar-refractivity contribution in [3.05, 3.63) is 29.5 Å². The van der Waals surface area contributed by atoms with Crippen LogP contribution in [-0.4, -0.2) is 38.7 Å². The van der Waals surface area contributed by atoms with E-state index in [1.165, 1.54) is 0 Å². The third kappa shape index (κ3) is 3.61. The largest absolute Gasteiger partial charge is 0.444 e. The summed E-state index contributed by atoms with van der Waals surface area (Å²) in [6.07, 6.45) is 5.40. The second-order valence-corrected chi connectivity index (χ2v) is 7.44. The molecule has 0 bridgehead atoms. The number of nitrogens with zero attached hydrogens (tertiary/aromatic N) is 3. The molecule has 0 unspecified atom stereocenters. The average Bonchev–Trinajstić information content (AvgIpc) is 3.04. The number of carbonyl (C=O) groups is 1. The van der Waals surface area contributed by atoms with Crippen LogP contribution in [-0.2, 0) is 11.3 Å². The molecule has 2 aromatic rings. The Balaban J connectivity index is 1.76. The van der Waals surface area contributed by atoms with Crippen molar-refractivity contribution in [3.8, 4) is 0 Å². The van der Waals surface area contributed by atoms with Gasteiger partial charge in [0.1, 0.15) is 11.2 Å². The zero-order valence-corrected chi connectivity index (χ0v) is 14.5. The van der Waals surface area contributed by atoms with Gasteiger partial charge < -0.3 is 14.2 Å². The Morgan fingerprint density at radius 3 is 3.00 bits per heavy atom. The number of carbonyl (C=O) groups excluding carboxylic acids is 1. The lowest BCUT2D eigenvalue weighted by Crippen LogP contribution is -2.41. The molecule has 5 nitrogen and oxygen atoms in total. The molecule has 23 heavy (non-hydrogen) atoms. The number of likely N-dealkylation sites (tertiary alicyclic amines) is 1. The molecule has 0 spiro atoms. The average molecular weight is 336 g/mol. The Kier molecular flexibility index (Phi) is 4.23. The van der Waals surface area contributed by atoms with E-state index in [9.17, 15) is 4.79 Å². The Bertz CT molecular complexity index is 720. The number of fused-ring (bicyclic) bond motifs is 1. The lowest BCUT2D eigenvalue weighted by atomic mass is 10.2. The first-order valence-electron chi connectivity index (χ1n) is 7.93. The molecule has 3 rings (SSSR count). The fraction of sp³-hybridized carbons (Fsp3) is 0.529. The molecule has 1 saturated heterocycles. The van der Waals surface area contributed by atoms with Gasteiger partial charge in [-0.25, -0.2) is 9.78 Å². The molecule has 1 aliphatic heterocycles. The van der Waals surface area contributed by atoms with E-state index in [0.717, 1.165) is 37.0 Å². The quantitative estimate of drug-likeness (QED) is 0.830. The molecule has 124 valence electrons. The molecule has 6 heteroatoms. The first kappa shape index (κ1) is 16.1. The number of rotatable bonds is 2. The van der Waals surface area contributed by atoms with Crippen LogP contribution in [0.4, 0.5) is 4.79 Å². The van der Waals surface area contributed by atoms with Gasteiger partial charge >= 0.3 is 6.09 Å². The molecule has 0 N–H and O–H groups in total. The zero-order chi connectivity index (χ0) is 16.6. The van der Waals surface area contributed by atoms with Crippen LogP contribution in [0.2, 0.25) is 5.02 Å². The topological polar surface area (TPSA) is 47.4 Å². The zero-order valence-electron chi connectivity index (χ0n) is 13.8. The summed E-state index contributed by atoms with van der Waals surface area (Å²) >= 11 is 5.98. The predicted molar refractivity (Wildman–Crippen MR) is 90.7 cm³/mol. The smallest absolute Gasteiger partial charge is 0.410 e. The molecule has 2 aromatic heterocycles. The van der Waals surface area contributed by atoms with Crippen LogP contribution < -0.4 is 0 Å². The fourth-order valence-corrected chi connectivity index (χ4v) is 3.18. The second-order valence-electron chi connectivity index (χ2n) is 7.00. The number of amides is 1. The SMILES string of the molecule is CC(C)(C)OC(=O)N1CCC[C@H]1Cn1ccc2cc(Cl)cnc21. The number of hydrogen-bond acceptors (Lipinski definition) is 3. The molecule has 0 radical (unpaired) electrons. The maximum atomic E-state index is 12.4. The van der Waals surface area contributed by atoms with Crippen LogP contribution in [0.5, 0.6) is 0 Å². The first-order chi connectivity index (χ1) is 10.8. The molecule has 3 heterocycles. The van der Waals surface area contributed by atoms with Crippen LogP contribution in [0.15, 0.2) is 24.5 Å². The van der Waals surface area contributed by atoms with E-state index in [4.69, 9.17) is 16.3 Å². The number of hydrogen-bond donors (Lipinski definition) is 0. The van der Waals surface area contributed by atoms with Gasteiger partial charge in [-0.05, 0) is 45.7 Å². The van der Waals surface area contributed by atoms with Crippen LogP contribution in [0, 0.1) is 0 Å².